The Hall–Kier alpha value is -0.480. The van der Waals surface area contributed by atoms with Crippen molar-refractivity contribution in [2.24, 2.45) is 11.3 Å². The Morgan fingerprint density at radius 2 is 2.29 bits per heavy atom. The van der Waals surface area contributed by atoms with Gasteiger partial charge in [-0.3, -0.25) is 0 Å². The molecule has 14 heavy (non-hydrogen) atoms. The van der Waals surface area contributed by atoms with Gasteiger partial charge in [-0.2, -0.15) is 0 Å². The maximum absolute atomic E-state index is 5.43. The van der Waals surface area contributed by atoms with E-state index in [0.717, 1.165) is 18.9 Å². The Kier molecular flexibility index (Phi) is 4.01. The van der Waals surface area contributed by atoms with Crippen LogP contribution in [0.4, 0.5) is 0 Å². The van der Waals surface area contributed by atoms with Crippen LogP contribution in [0.3, 0.4) is 0 Å². The van der Waals surface area contributed by atoms with E-state index in [1.165, 1.54) is 19.3 Å². The van der Waals surface area contributed by atoms with Gasteiger partial charge in [0.15, 0.2) is 0 Å². The Labute approximate surface area is 88.7 Å². The third kappa shape index (κ3) is 2.51. The average molecular weight is 193 g/mol. The standard InChI is InChI=1S/C13H23N/c1-5-8-12(14-6-2)11-9-7-10-13(11,3)4/h1,11-12,14H,6-10H2,2-4H3. The van der Waals surface area contributed by atoms with Gasteiger partial charge in [0.1, 0.15) is 0 Å². The number of hydrogen-bond acceptors (Lipinski definition) is 1. The summed E-state index contributed by atoms with van der Waals surface area (Å²) in [5, 5.41) is 3.54. The Balaban J connectivity index is 2.63. The molecule has 0 spiro atoms. The van der Waals surface area contributed by atoms with Gasteiger partial charge in [-0.05, 0) is 30.7 Å². The van der Waals surface area contributed by atoms with Crippen LogP contribution in [0, 0.1) is 23.7 Å². The van der Waals surface area contributed by atoms with Crippen molar-refractivity contribution >= 4 is 0 Å². The van der Waals surface area contributed by atoms with Crippen LogP contribution in [0.2, 0.25) is 0 Å². The molecular formula is C13H23N. The van der Waals surface area contributed by atoms with Crippen LogP contribution in [0.25, 0.3) is 0 Å². The topological polar surface area (TPSA) is 12.0 Å². The summed E-state index contributed by atoms with van der Waals surface area (Å²) in [6, 6.07) is 0.530. The molecule has 0 aromatic heterocycles. The van der Waals surface area contributed by atoms with Gasteiger partial charge in [0.25, 0.3) is 0 Å². The SMILES string of the molecule is C#CCC(NCC)C1CCCC1(C)C. The summed E-state index contributed by atoms with van der Waals surface area (Å²) in [4.78, 5) is 0. The van der Waals surface area contributed by atoms with Crippen molar-refractivity contribution in [2.45, 2.75) is 52.5 Å². The molecule has 0 aromatic carbocycles. The first-order valence-corrected chi connectivity index (χ1v) is 5.78. The minimum Gasteiger partial charge on any atom is -0.313 e. The fraction of sp³-hybridized carbons (Fsp3) is 0.846. The first-order chi connectivity index (χ1) is 6.61. The Morgan fingerprint density at radius 1 is 1.57 bits per heavy atom. The van der Waals surface area contributed by atoms with Crippen molar-refractivity contribution in [3.05, 3.63) is 0 Å². The number of hydrogen-bond donors (Lipinski definition) is 1. The van der Waals surface area contributed by atoms with E-state index >= 15 is 0 Å². The van der Waals surface area contributed by atoms with E-state index in [1.54, 1.807) is 0 Å². The molecule has 1 fully saturated rings. The zero-order chi connectivity index (χ0) is 10.6. The zero-order valence-corrected chi connectivity index (χ0v) is 9.77. The zero-order valence-electron chi connectivity index (χ0n) is 9.77. The molecule has 1 N–H and O–H groups in total. The van der Waals surface area contributed by atoms with Crippen LogP contribution in [0.1, 0.15) is 46.5 Å². The van der Waals surface area contributed by atoms with Crippen LogP contribution in [0.15, 0.2) is 0 Å². The van der Waals surface area contributed by atoms with Crippen LogP contribution in [0.5, 0.6) is 0 Å². The summed E-state index contributed by atoms with van der Waals surface area (Å²) in [6.45, 7) is 7.95. The van der Waals surface area contributed by atoms with E-state index in [-0.39, 0.29) is 0 Å². The van der Waals surface area contributed by atoms with Crippen molar-refractivity contribution in [2.75, 3.05) is 6.54 Å². The smallest absolute Gasteiger partial charge is 0.0243 e. The third-order valence-corrected chi connectivity index (χ3v) is 3.63. The van der Waals surface area contributed by atoms with Crippen molar-refractivity contribution < 1.29 is 0 Å². The fourth-order valence-electron chi connectivity index (χ4n) is 2.85. The van der Waals surface area contributed by atoms with Crippen molar-refractivity contribution in [3.63, 3.8) is 0 Å². The van der Waals surface area contributed by atoms with Crippen LogP contribution >= 0.6 is 0 Å². The van der Waals surface area contributed by atoms with Crippen LogP contribution in [-0.4, -0.2) is 12.6 Å². The highest BCUT2D eigenvalue weighted by Gasteiger charge is 2.38. The van der Waals surface area contributed by atoms with E-state index in [9.17, 15) is 0 Å². The molecule has 0 amide bonds. The maximum atomic E-state index is 5.43. The molecule has 1 aliphatic carbocycles. The van der Waals surface area contributed by atoms with Gasteiger partial charge in [0.2, 0.25) is 0 Å². The normalized spacial score (nSPS) is 27.1. The van der Waals surface area contributed by atoms with Crippen molar-refractivity contribution in [3.8, 4) is 12.3 Å². The summed E-state index contributed by atoms with van der Waals surface area (Å²) in [6.07, 6.45) is 10.4. The molecular weight excluding hydrogens is 170 g/mol. The number of rotatable bonds is 4. The molecule has 80 valence electrons. The minimum atomic E-state index is 0.476. The molecule has 1 rings (SSSR count). The quantitative estimate of drug-likeness (QED) is 0.677. The molecule has 2 atom stereocenters. The van der Waals surface area contributed by atoms with Gasteiger partial charge in [-0.25, -0.2) is 0 Å². The molecule has 1 nitrogen and oxygen atoms in total. The molecule has 1 heteroatoms. The Morgan fingerprint density at radius 3 is 2.71 bits per heavy atom. The van der Waals surface area contributed by atoms with Gasteiger partial charge >= 0.3 is 0 Å². The molecule has 0 aliphatic heterocycles. The lowest BCUT2D eigenvalue weighted by Gasteiger charge is -2.33. The van der Waals surface area contributed by atoms with Crippen molar-refractivity contribution in [1.82, 2.24) is 5.32 Å². The maximum Gasteiger partial charge on any atom is 0.0243 e. The first-order valence-electron chi connectivity index (χ1n) is 5.78. The van der Waals surface area contributed by atoms with Gasteiger partial charge < -0.3 is 5.32 Å². The van der Waals surface area contributed by atoms with Gasteiger partial charge in [0.05, 0.1) is 0 Å². The number of terminal acetylenes is 1. The second kappa shape index (κ2) is 4.84. The van der Waals surface area contributed by atoms with Crippen LogP contribution in [-0.2, 0) is 0 Å². The Bertz CT molecular complexity index is 212. The second-order valence-electron chi connectivity index (χ2n) is 5.06. The monoisotopic (exact) mass is 193 g/mol. The highest BCUT2D eigenvalue weighted by molar-refractivity contribution is 4.98. The van der Waals surface area contributed by atoms with E-state index in [1.807, 2.05) is 0 Å². The molecule has 0 saturated heterocycles. The average Bonchev–Trinajstić information content (AvgIpc) is 2.45. The summed E-state index contributed by atoms with van der Waals surface area (Å²) < 4.78 is 0. The minimum absolute atomic E-state index is 0.476. The largest absolute Gasteiger partial charge is 0.313 e. The highest BCUT2D eigenvalue weighted by Crippen LogP contribution is 2.44. The third-order valence-electron chi connectivity index (χ3n) is 3.63. The number of nitrogens with one attached hydrogen (secondary N) is 1. The molecule has 0 heterocycles. The van der Waals surface area contributed by atoms with E-state index < -0.39 is 0 Å². The summed E-state index contributed by atoms with van der Waals surface area (Å²) >= 11 is 0. The van der Waals surface area contributed by atoms with Gasteiger partial charge in [0, 0.05) is 12.5 Å². The summed E-state index contributed by atoms with van der Waals surface area (Å²) in [7, 11) is 0. The molecule has 0 bridgehead atoms. The lowest BCUT2D eigenvalue weighted by molar-refractivity contribution is 0.200. The second-order valence-corrected chi connectivity index (χ2v) is 5.06. The fourth-order valence-corrected chi connectivity index (χ4v) is 2.85. The molecule has 2 unspecified atom stereocenters. The van der Waals surface area contributed by atoms with E-state index in [4.69, 9.17) is 6.42 Å². The lowest BCUT2D eigenvalue weighted by Crippen LogP contribution is -2.40. The summed E-state index contributed by atoms with van der Waals surface area (Å²) in [5.41, 5.74) is 0.476. The molecule has 0 radical (unpaired) electrons. The first kappa shape index (κ1) is 11.6. The molecule has 1 aliphatic rings. The van der Waals surface area contributed by atoms with Crippen molar-refractivity contribution in [1.29, 1.82) is 0 Å². The lowest BCUT2D eigenvalue weighted by atomic mass is 9.76. The predicted molar refractivity (Wildman–Crippen MR) is 62.0 cm³/mol. The molecule has 0 aromatic rings. The summed E-state index contributed by atoms with van der Waals surface area (Å²) in [5.74, 6) is 3.57. The van der Waals surface area contributed by atoms with Gasteiger partial charge in [-0.15, -0.1) is 12.3 Å². The molecule has 1 saturated carbocycles. The predicted octanol–water partition coefficient (Wildman–Crippen LogP) is 2.81. The van der Waals surface area contributed by atoms with Crippen LogP contribution < -0.4 is 5.32 Å². The van der Waals surface area contributed by atoms with E-state index in [2.05, 4.69) is 32.0 Å². The highest BCUT2D eigenvalue weighted by atomic mass is 14.9. The van der Waals surface area contributed by atoms with Gasteiger partial charge in [-0.1, -0.05) is 27.2 Å². The van der Waals surface area contributed by atoms with E-state index in [0.29, 0.717) is 11.5 Å².